The van der Waals surface area contributed by atoms with E-state index in [0.29, 0.717) is 5.56 Å². The maximum Gasteiger partial charge on any atom is 0.471 e. The second-order valence-electron chi connectivity index (χ2n) is 6.44. The Balaban J connectivity index is 2.59. The highest BCUT2D eigenvalue weighted by atomic mass is 19.4. The van der Waals surface area contributed by atoms with E-state index in [1.54, 1.807) is 5.32 Å². The van der Waals surface area contributed by atoms with Crippen LogP contribution in [-0.4, -0.2) is 18.0 Å². The van der Waals surface area contributed by atoms with Gasteiger partial charge in [0.25, 0.3) is 0 Å². The predicted octanol–water partition coefficient (Wildman–Crippen LogP) is 3.80. The van der Waals surface area contributed by atoms with Gasteiger partial charge >= 0.3 is 12.1 Å². The molecule has 0 aromatic heterocycles. The summed E-state index contributed by atoms with van der Waals surface area (Å²) in [7, 11) is 0. The highest BCUT2D eigenvalue weighted by Gasteiger charge is 2.38. The first kappa shape index (κ1) is 19.7. The summed E-state index contributed by atoms with van der Waals surface area (Å²) in [4.78, 5) is 22.6. The molecule has 1 rings (SSSR count). The van der Waals surface area contributed by atoms with Gasteiger partial charge in [-0.3, -0.25) is 9.59 Å². The van der Waals surface area contributed by atoms with E-state index in [1.807, 2.05) is 27.7 Å². The molecular formula is C17H21F3N2O2. The van der Waals surface area contributed by atoms with Gasteiger partial charge in [0, 0.05) is 18.3 Å². The molecule has 2 N–H and O–H groups in total. The second kappa shape index (κ2) is 7.51. The number of rotatable bonds is 4. The van der Waals surface area contributed by atoms with Crippen molar-refractivity contribution in [2.75, 3.05) is 5.32 Å². The van der Waals surface area contributed by atoms with Crippen molar-refractivity contribution >= 4 is 17.5 Å². The third-order valence-electron chi connectivity index (χ3n) is 3.47. The fraction of sp³-hybridized carbons (Fsp3) is 0.412. The third-order valence-corrected chi connectivity index (χ3v) is 3.47. The Morgan fingerprint density at radius 3 is 2.08 bits per heavy atom. The molecule has 0 spiro atoms. The van der Waals surface area contributed by atoms with E-state index >= 15 is 0 Å². The van der Waals surface area contributed by atoms with Crippen LogP contribution in [0.2, 0.25) is 0 Å². The van der Waals surface area contributed by atoms with Crippen LogP contribution in [0, 0.1) is 5.41 Å². The van der Waals surface area contributed by atoms with E-state index in [2.05, 4.69) is 5.32 Å². The Morgan fingerprint density at radius 1 is 1.08 bits per heavy atom. The topological polar surface area (TPSA) is 58.2 Å². The molecule has 132 valence electrons. The van der Waals surface area contributed by atoms with E-state index in [0.717, 1.165) is 5.57 Å². The van der Waals surface area contributed by atoms with Gasteiger partial charge in [-0.1, -0.05) is 38.5 Å². The summed E-state index contributed by atoms with van der Waals surface area (Å²) in [5.74, 6) is -2.26. The van der Waals surface area contributed by atoms with Gasteiger partial charge in [-0.05, 0) is 30.0 Å². The molecule has 24 heavy (non-hydrogen) atoms. The minimum Gasteiger partial charge on any atom is -0.348 e. The summed E-state index contributed by atoms with van der Waals surface area (Å²) in [6.07, 6.45) is -3.40. The Labute approximate surface area is 139 Å². The Hall–Kier alpha value is -2.31. The molecule has 2 amide bonds. The number of hydrogen-bond acceptors (Lipinski definition) is 2. The fourth-order valence-electron chi connectivity index (χ4n) is 1.56. The zero-order valence-electron chi connectivity index (χ0n) is 14.0. The van der Waals surface area contributed by atoms with E-state index in [1.165, 1.54) is 30.3 Å². The molecule has 1 aromatic carbocycles. The van der Waals surface area contributed by atoms with Crippen LogP contribution in [0.15, 0.2) is 35.9 Å². The fourth-order valence-corrected chi connectivity index (χ4v) is 1.56. The molecule has 0 aliphatic rings. The summed E-state index contributed by atoms with van der Waals surface area (Å²) in [6, 6.07) is 5.77. The highest BCUT2D eigenvalue weighted by molar-refractivity contribution is 5.94. The molecule has 0 saturated carbocycles. The molecule has 4 nitrogen and oxygen atoms in total. The van der Waals surface area contributed by atoms with Crippen molar-refractivity contribution in [3.8, 4) is 0 Å². The Kier molecular flexibility index (Phi) is 6.17. The molecule has 0 aliphatic heterocycles. The third kappa shape index (κ3) is 6.44. The van der Waals surface area contributed by atoms with Gasteiger partial charge < -0.3 is 10.6 Å². The van der Waals surface area contributed by atoms with Crippen molar-refractivity contribution in [2.24, 2.45) is 5.41 Å². The average molecular weight is 342 g/mol. The van der Waals surface area contributed by atoms with E-state index < -0.39 is 12.1 Å². The van der Waals surface area contributed by atoms with Gasteiger partial charge in [0.15, 0.2) is 0 Å². The first-order valence-electron chi connectivity index (χ1n) is 7.33. The summed E-state index contributed by atoms with van der Waals surface area (Å²) in [6.45, 7) is 8.11. The molecule has 0 saturated heterocycles. The van der Waals surface area contributed by atoms with Crippen molar-refractivity contribution in [1.29, 1.82) is 0 Å². The quantitative estimate of drug-likeness (QED) is 0.818. The second-order valence-corrected chi connectivity index (χ2v) is 6.44. The van der Waals surface area contributed by atoms with Gasteiger partial charge in [-0.15, -0.1) is 0 Å². The number of halogens is 3. The zero-order valence-corrected chi connectivity index (χ0v) is 14.0. The predicted molar refractivity (Wildman–Crippen MR) is 86.2 cm³/mol. The van der Waals surface area contributed by atoms with Gasteiger partial charge in [0.05, 0.1) is 0 Å². The van der Waals surface area contributed by atoms with E-state index in [4.69, 9.17) is 0 Å². The van der Waals surface area contributed by atoms with Crippen LogP contribution in [0.4, 0.5) is 18.9 Å². The van der Waals surface area contributed by atoms with Crippen LogP contribution >= 0.6 is 0 Å². The van der Waals surface area contributed by atoms with Crippen molar-refractivity contribution in [3.63, 3.8) is 0 Å². The van der Waals surface area contributed by atoms with Gasteiger partial charge in [-0.25, -0.2) is 0 Å². The lowest BCUT2D eigenvalue weighted by Crippen LogP contribution is -2.29. The molecule has 0 heterocycles. The number of nitrogens with one attached hydrogen (secondary N) is 2. The van der Waals surface area contributed by atoms with Crippen LogP contribution in [0.5, 0.6) is 0 Å². The van der Waals surface area contributed by atoms with Crippen molar-refractivity contribution in [1.82, 2.24) is 5.32 Å². The largest absolute Gasteiger partial charge is 0.471 e. The zero-order chi connectivity index (χ0) is 18.5. The SMILES string of the molecule is C/C(=C\C(=O)NCc1ccc(NC(=O)C(F)(F)F)cc1)C(C)(C)C. The number of benzene rings is 1. The number of carbonyl (C=O) groups excluding carboxylic acids is 2. The lowest BCUT2D eigenvalue weighted by molar-refractivity contribution is -0.167. The summed E-state index contributed by atoms with van der Waals surface area (Å²) in [5, 5.41) is 4.46. The van der Waals surface area contributed by atoms with Gasteiger partial charge in [-0.2, -0.15) is 13.2 Å². The number of hydrogen-bond donors (Lipinski definition) is 2. The Morgan fingerprint density at radius 2 is 1.62 bits per heavy atom. The highest BCUT2D eigenvalue weighted by Crippen LogP contribution is 2.24. The van der Waals surface area contributed by atoms with Crippen molar-refractivity contribution in [2.45, 2.75) is 40.4 Å². The first-order chi connectivity index (χ1) is 10.9. The molecule has 1 aromatic rings. The summed E-state index contributed by atoms with van der Waals surface area (Å²) >= 11 is 0. The van der Waals surface area contributed by atoms with E-state index in [-0.39, 0.29) is 23.6 Å². The number of anilines is 1. The normalized spacial score (nSPS) is 12.7. The minimum absolute atomic E-state index is 0.0378. The molecule has 0 bridgehead atoms. The lowest BCUT2D eigenvalue weighted by Gasteiger charge is -2.19. The molecular weight excluding hydrogens is 321 g/mol. The minimum atomic E-state index is -4.93. The first-order valence-corrected chi connectivity index (χ1v) is 7.33. The molecule has 0 atom stereocenters. The van der Waals surface area contributed by atoms with Gasteiger partial charge in [0.2, 0.25) is 5.91 Å². The molecule has 7 heteroatoms. The number of carbonyl (C=O) groups is 2. The molecule has 0 aliphatic carbocycles. The monoisotopic (exact) mass is 342 g/mol. The number of alkyl halides is 3. The molecule has 0 unspecified atom stereocenters. The van der Waals surface area contributed by atoms with Crippen LogP contribution in [0.1, 0.15) is 33.3 Å². The van der Waals surface area contributed by atoms with Crippen LogP contribution in [0.25, 0.3) is 0 Å². The van der Waals surface area contributed by atoms with E-state index in [9.17, 15) is 22.8 Å². The number of allylic oxidation sites excluding steroid dienone is 1. The lowest BCUT2D eigenvalue weighted by atomic mass is 9.87. The van der Waals surface area contributed by atoms with Crippen molar-refractivity contribution < 1.29 is 22.8 Å². The summed E-state index contributed by atoms with van der Waals surface area (Å²) < 4.78 is 36.4. The van der Waals surface area contributed by atoms with Gasteiger partial charge in [0.1, 0.15) is 0 Å². The van der Waals surface area contributed by atoms with Crippen LogP contribution < -0.4 is 10.6 Å². The van der Waals surface area contributed by atoms with Crippen LogP contribution in [-0.2, 0) is 16.1 Å². The maximum absolute atomic E-state index is 12.1. The maximum atomic E-state index is 12.1. The standard InChI is InChI=1S/C17H21F3N2O2/c1-11(16(2,3)4)9-14(23)21-10-12-5-7-13(8-6-12)22-15(24)17(18,19)20/h5-9H,10H2,1-4H3,(H,21,23)(H,22,24)/b11-9+. The molecule has 0 radical (unpaired) electrons. The Bertz CT molecular complexity index is 627. The van der Waals surface area contributed by atoms with Crippen molar-refractivity contribution in [3.05, 3.63) is 41.5 Å². The number of amides is 2. The van der Waals surface area contributed by atoms with Crippen LogP contribution in [0.3, 0.4) is 0 Å². The molecule has 0 fully saturated rings. The smallest absolute Gasteiger partial charge is 0.348 e. The average Bonchev–Trinajstić information content (AvgIpc) is 2.44. The summed E-state index contributed by atoms with van der Waals surface area (Å²) in [5.41, 5.74) is 1.58.